The minimum atomic E-state index is -1.11. The van der Waals surface area contributed by atoms with Gasteiger partial charge in [-0.2, -0.15) is 0 Å². The number of rotatable bonds is 3. The van der Waals surface area contributed by atoms with E-state index in [9.17, 15) is 14.4 Å². The number of carboxylic acid groups (broad SMARTS) is 1. The van der Waals surface area contributed by atoms with Crippen LogP contribution in [-0.4, -0.2) is 47.5 Å². The second-order valence-corrected chi connectivity index (χ2v) is 5.34. The van der Waals surface area contributed by atoms with Gasteiger partial charge in [-0.3, -0.25) is 14.5 Å². The molecule has 0 bridgehead atoms. The number of imide groups is 1. The number of carboxylic acids is 1. The number of benzene rings is 1. The van der Waals surface area contributed by atoms with Gasteiger partial charge in [0.15, 0.2) is 0 Å². The summed E-state index contributed by atoms with van der Waals surface area (Å²) in [7, 11) is 0. The van der Waals surface area contributed by atoms with E-state index in [1.54, 1.807) is 0 Å². The second kappa shape index (κ2) is 5.29. The Morgan fingerprint density at radius 1 is 1.19 bits per heavy atom. The fraction of sp³-hybridized carbons (Fsp3) is 0.400. The Morgan fingerprint density at radius 2 is 1.86 bits per heavy atom. The summed E-state index contributed by atoms with van der Waals surface area (Å²) < 4.78 is 5.27. The van der Waals surface area contributed by atoms with Gasteiger partial charge in [0.2, 0.25) is 0 Å². The first-order valence-electron chi connectivity index (χ1n) is 6.89. The molecule has 6 heteroatoms. The molecule has 1 aromatic carbocycles. The Hall–Kier alpha value is -2.21. The smallest absolute Gasteiger partial charge is 0.335 e. The zero-order chi connectivity index (χ0) is 15.0. The molecule has 0 radical (unpaired) electrons. The van der Waals surface area contributed by atoms with Gasteiger partial charge in [-0.15, -0.1) is 0 Å². The maximum atomic E-state index is 12.3. The summed E-state index contributed by atoms with van der Waals surface area (Å²) in [5.41, 5.74) is 0.492. The molecule has 2 heterocycles. The highest BCUT2D eigenvalue weighted by Gasteiger charge is 2.37. The van der Waals surface area contributed by atoms with E-state index in [4.69, 9.17) is 9.84 Å². The molecule has 110 valence electrons. The minimum Gasteiger partial charge on any atom is -0.478 e. The van der Waals surface area contributed by atoms with E-state index >= 15 is 0 Å². The summed E-state index contributed by atoms with van der Waals surface area (Å²) in [6.45, 7) is 1.67. The van der Waals surface area contributed by atoms with Gasteiger partial charge in [-0.25, -0.2) is 4.79 Å². The van der Waals surface area contributed by atoms with Crippen LogP contribution in [0.4, 0.5) is 0 Å². The van der Waals surface area contributed by atoms with E-state index in [-0.39, 0.29) is 28.5 Å². The van der Waals surface area contributed by atoms with Gasteiger partial charge in [0.1, 0.15) is 0 Å². The van der Waals surface area contributed by atoms with Crippen LogP contribution in [-0.2, 0) is 4.74 Å². The van der Waals surface area contributed by atoms with E-state index < -0.39 is 11.9 Å². The first-order chi connectivity index (χ1) is 10.1. The number of carbonyl (C=O) groups is 3. The van der Waals surface area contributed by atoms with E-state index in [0.29, 0.717) is 19.8 Å². The van der Waals surface area contributed by atoms with Crippen LogP contribution < -0.4 is 0 Å². The van der Waals surface area contributed by atoms with Crippen molar-refractivity contribution < 1.29 is 24.2 Å². The van der Waals surface area contributed by atoms with Crippen LogP contribution in [0, 0.1) is 5.92 Å². The molecule has 0 spiro atoms. The third kappa shape index (κ3) is 2.42. The third-order valence-corrected chi connectivity index (χ3v) is 4.00. The van der Waals surface area contributed by atoms with Crippen molar-refractivity contribution in [1.29, 1.82) is 0 Å². The van der Waals surface area contributed by atoms with Crippen LogP contribution in [0.25, 0.3) is 0 Å². The van der Waals surface area contributed by atoms with Crippen LogP contribution in [0.1, 0.15) is 43.9 Å². The maximum absolute atomic E-state index is 12.3. The Kier molecular flexibility index (Phi) is 3.47. The summed E-state index contributed by atoms with van der Waals surface area (Å²) in [6.07, 6.45) is 1.65. The number of nitrogens with zero attached hydrogens (tertiary/aromatic N) is 1. The molecular formula is C15H15NO5. The molecule has 1 fully saturated rings. The SMILES string of the molecule is O=C(O)c1ccc2c(c1)C(=O)N(CC1CCOCC1)C2=O. The Balaban J connectivity index is 1.84. The van der Waals surface area contributed by atoms with Crippen LogP contribution in [0.2, 0.25) is 0 Å². The molecular weight excluding hydrogens is 274 g/mol. The predicted molar refractivity (Wildman–Crippen MR) is 72.3 cm³/mol. The van der Waals surface area contributed by atoms with Gasteiger partial charge in [-0.1, -0.05) is 0 Å². The van der Waals surface area contributed by atoms with Crippen molar-refractivity contribution in [3.63, 3.8) is 0 Å². The Labute approximate surface area is 121 Å². The van der Waals surface area contributed by atoms with Gasteiger partial charge >= 0.3 is 5.97 Å². The number of carbonyl (C=O) groups excluding carboxylic acids is 2. The minimum absolute atomic E-state index is 0.0165. The first-order valence-corrected chi connectivity index (χ1v) is 6.89. The van der Waals surface area contributed by atoms with Gasteiger partial charge in [-0.05, 0) is 37.0 Å². The van der Waals surface area contributed by atoms with Crippen LogP contribution in [0.5, 0.6) is 0 Å². The van der Waals surface area contributed by atoms with E-state index in [2.05, 4.69) is 0 Å². The van der Waals surface area contributed by atoms with Crippen molar-refractivity contribution >= 4 is 17.8 Å². The largest absolute Gasteiger partial charge is 0.478 e. The molecule has 0 atom stereocenters. The number of ether oxygens (including phenoxy) is 1. The summed E-state index contributed by atoms with van der Waals surface area (Å²) >= 11 is 0. The molecule has 0 aliphatic carbocycles. The van der Waals surface area contributed by atoms with Crippen LogP contribution in [0.3, 0.4) is 0 Å². The monoisotopic (exact) mass is 289 g/mol. The molecule has 1 N–H and O–H groups in total. The molecule has 2 amide bonds. The standard InChI is InChI=1S/C15H15NO5/c17-13-11-2-1-10(15(19)20)7-12(11)14(18)16(13)8-9-3-5-21-6-4-9/h1-2,7,9H,3-6,8H2,(H,19,20). The lowest BCUT2D eigenvalue weighted by molar-refractivity contribution is 0.0433. The topological polar surface area (TPSA) is 83.9 Å². The Morgan fingerprint density at radius 3 is 2.52 bits per heavy atom. The molecule has 6 nitrogen and oxygen atoms in total. The molecule has 0 saturated carbocycles. The zero-order valence-corrected chi connectivity index (χ0v) is 11.4. The van der Waals surface area contributed by atoms with E-state index in [1.807, 2.05) is 0 Å². The fourth-order valence-corrected chi connectivity index (χ4v) is 2.78. The van der Waals surface area contributed by atoms with Crippen LogP contribution >= 0.6 is 0 Å². The molecule has 3 rings (SSSR count). The van der Waals surface area contributed by atoms with Crippen LogP contribution in [0.15, 0.2) is 18.2 Å². The van der Waals surface area contributed by atoms with Crippen molar-refractivity contribution in [3.8, 4) is 0 Å². The van der Waals surface area contributed by atoms with Gasteiger partial charge in [0, 0.05) is 19.8 Å². The number of amides is 2. The van der Waals surface area contributed by atoms with E-state index in [0.717, 1.165) is 12.8 Å². The number of hydrogen-bond donors (Lipinski definition) is 1. The normalized spacial score (nSPS) is 19.0. The summed E-state index contributed by atoms with van der Waals surface area (Å²) in [6, 6.07) is 4.05. The van der Waals surface area contributed by atoms with Crippen molar-refractivity contribution in [2.45, 2.75) is 12.8 Å². The van der Waals surface area contributed by atoms with Gasteiger partial charge < -0.3 is 9.84 Å². The van der Waals surface area contributed by atoms with Crippen molar-refractivity contribution in [2.24, 2.45) is 5.92 Å². The highest BCUT2D eigenvalue weighted by atomic mass is 16.5. The van der Waals surface area contributed by atoms with Gasteiger partial charge in [0.05, 0.1) is 16.7 Å². The molecule has 0 aromatic heterocycles. The molecule has 2 aliphatic rings. The van der Waals surface area contributed by atoms with Gasteiger partial charge in [0.25, 0.3) is 11.8 Å². The van der Waals surface area contributed by atoms with E-state index in [1.165, 1.54) is 23.1 Å². The average Bonchev–Trinajstić information content (AvgIpc) is 2.73. The number of aromatic carboxylic acids is 1. The molecule has 1 aromatic rings. The maximum Gasteiger partial charge on any atom is 0.335 e. The third-order valence-electron chi connectivity index (χ3n) is 4.00. The summed E-state index contributed by atoms with van der Waals surface area (Å²) in [4.78, 5) is 36.8. The molecule has 0 unspecified atom stereocenters. The average molecular weight is 289 g/mol. The fourth-order valence-electron chi connectivity index (χ4n) is 2.78. The van der Waals surface area contributed by atoms with Crippen molar-refractivity contribution in [1.82, 2.24) is 4.90 Å². The second-order valence-electron chi connectivity index (χ2n) is 5.34. The lowest BCUT2D eigenvalue weighted by Crippen LogP contribution is -2.36. The lowest BCUT2D eigenvalue weighted by atomic mass is 10.00. The lowest BCUT2D eigenvalue weighted by Gasteiger charge is -2.25. The number of hydrogen-bond acceptors (Lipinski definition) is 4. The molecule has 2 aliphatic heterocycles. The summed E-state index contributed by atoms with van der Waals surface area (Å²) in [5.74, 6) is -1.59. The highest BCUT2D eigenvalue weighted by Crippen LogP contribution is 2.27. The first kappa shape index (κ1) is 13.8. The predicted octanol–water partition coefficient (Wildman–Crippen LogP) is 1.41. The number of fused-ring (bicyclic) bond motifs is 1. The highest BCUT2D eigenvalue weighted by molar-refractivity contribution is 6.21. The molecule has 1 saturated heterocycles. The Bertz CT molecular complexity index is 618. The molecule has 21 heavy (non-hydrogen) atoms. The van der Waals surface area contributed by atoms with Crippen molar-refractivity contribution in [2.75, 3.05) is 19.8 Å². The quantitative estimate of drug-likeness (QED) is 0.850. The van der Waals surface area contributed by atoms with Crippen molar-refractivity contribution in [3.05, 3.63) is 34.9 Å². The zero-order valence-electron chi connectivity index (χ0n) is 11.4. The summed E-state index contributed by atoms with van der Waals surface area (Å²) in [5, 5.41) is 8.97.